The highest BCUT2D eigenvalue weighted by atomic mass is 35.5. The average Bonchev–Trinajstić information content (AvgIpc) is 3.14. The van der Waals surface area contributed by atoms with Gasteiger partial charge < -0.3 is 4.90 Å². The summed E-state index contributed by atoms with van der Waals surface area (Å²) in [7, 11) is 1.60. The highest BCUT2D eigenvalue weighted by molar-refractivity contribution is 7.99. The number of hydrogen-bond donors (Lipinski definition) is 0. The Morgan fingerprint density at radius 1 is 1.22 bits per heavy atom. The zero-order chi connectivity index (χ0) is 19.4. The van der Waals surface area contributed by atoms with Gasteiger partial charge >= 0.3 is 0 Å². The zero-order valence-corrected chi connectivity index (χ0v) is 15.6. The van der Waals surface area contributed by atoms with Crippen molar-refractivity contribution in [3.05, 3.63) is 63.7 Å². The molecular weight excluding hydrogens is 392 g/mol. The quantitative estimate of drug-likeness (QED) is 0.353. The van der Waals surface area contributed by atoms with Crippen molar-refractivity contribution >= 4 is 40.6 Å². The van der Waals surface area contributed by atoms with Crippen LogP contribution < -0.4 is 4.90 Å². The van der Waals surface area contributed by atoms with Gasteiger partial charge in [-0.3, -0.25) is 14.9 Å². The minimum absolute atomic E-state index is 0.0314. The fraction of sp³-hybridized carbons (Fsp3) is 0.125. The number of halogens is 1. The number of nitro groups is 1. The molecule has 0 fully saturated rings. The van der Waals surface area contributed by atoms with E-state index in [1.807, 2.05) is 0 Å². The zero-order valence-electron chi connectivity index (χ0n) is 14.0. The summed E-state index contributed by atoms with van der Waals surface area (Å²) in [5.74, 6) is -0.0962. The molecule has 3 rings (SSSR count). The second-order valence-corrected chi connectivity index (χ2v) is 6.74. The summed E-state index contributed by atoms with van der Waals surface area (Å²) in [4.78, 5) is 24.1. The van der Waals surface area contributed by atoms with Crippen LogP contribution in [0.5, 0.6) is 0 Å². The third-order valence-electron chi connectivity index (χ3n) is 3.66. The fourth-order valence-corrected chi connectivity index (χ4v) is 3.11. The van der Waals surface area contributed by atoms with Crippen molar-refractivity contribution in [3.63, 3.8) is 0 Å². The van der Waals surface area contributed by atoms with Gasteiger partial charge in [-0.15, -0.1) is 5.10 Å². The minimum Gasteiger partial charge on any atom is -0.315 e. The van der Waals surface area contributed by atoms with Gasteiger partial charge in [-0.2, -0.15) is 4.68 Å². The van der Waals surface area contributed by atoms with Gasteiger partial charge in [0.2, 0.25) is 11.1 Å². The molecule has 0 saturated carbocycles. The number of benzene rings is 2. The monoisotopic (exact) mass is 404 g/mol. The molecule has 1 aromatic heterocycles. The Morgan fingerprint density at radius 3 is 2.52 bits per heavy atom. The van der Waals surface area contributed by atoms with Crippen LogP contribution in [0.15, 0.2) is 53.7 Å². The molecule has 1 amide bonds. The molecule has 0 spiro atoms. The molecule has 0 N–H and O–H groups in total. The molecular formula is C16H13ClN6O3S. The normalized spacial score (nSPS) is 10.6. The van der Waals surface area contributed by atoms with E-state index in [2.05, 4.69) is 15.5 Å². The molecule has 2 aromatic carbocycles. The van der Waals surface area contributed by atoms with Crippen LogP contribution in [0.3, 0.4) is 0 Å². The van der Waals surface area contributed by atoms with Crippen LogP contribution in [0, 0.1) is 10.1 Å². The predicted molar refractivity (Wildman–Crippen MR) is 101 cm³/mol. The van der Waals surface area contributed by atoms with Gasteiger partial charge in [0, 0.05) is 29.9 Å². The molecule has 0 bridgehead atoms. The van der Waals surface area contributed by atoms with Gasteiger partial charge in [-0.25, -0.2) is 0 Å². The summed E-state index contributed by atoms with van der Waals surface area (Å²) >= 11 is 7.07. The first-order valence-electron chi connectivity index (χ1n) is 7.64. The molecule has 0 aliphatic carbocycles. The van der Waals surface area contributed by atoms with E-state index in [4.69, 9.17) is 11.6 Å². The van der Waals surface area contributed by atoms with E-state index in [-0.39, 0.29) is 17.3 Å². The van der Waals surface area contributed by atoms with Gasteiger partial charge in [-0.1, -0.05) is 23.4 Å². The number of rotatable bonds is 6. The first-order chi connectivity index (χ1) is 13.0. The number of hydrogen-bond acceptors (Lipinski definition) is 7. The van der Waals surface area contributed by atoms with E-state index >= 15 is 0 Å². The summed E-state index contributed by atoms with van der Waals surface area (Å²) in [6.07, 6.45) is 0. The molecule has 0 atom stereocenters. The number of nitrogens with zero attached hydrogens (tertiary/aromatic N) is 6. The van der Waals surface area contributed by atoms with Gasteiger partial charge in [0.15, 0.2) is 0 Å². The molecule has 0 aliphatic heterocycles. The van der Waals surface area contributed by atoms with Crippen molar-refractivity contribution in [3.8, 4) is 5.69 Å². The Hall–Kier alpha value is -2.98. The largest absolute Gasteiger partial charge is 0.315 e. The number of anilines is 1. The van der Waals surface area contributed by atoms with Crippen molar-refractivity contribution < 1.29 is 9.72 Å². The molecule has 138 valence electrons. The summed E-state index contributed by atoms with van der Waals surface area (Å²) < 4.78 is 1.51. The van der Waals surface area contributed by atoms with E-state index in [1.54, 1.807) is 31.3 Å². The van der Waals surface area contributed by atoms with Crippen molar-refractivity contribution in [2.24, 2.45) is 0 Å². The standard InChI is InChI=1S/C16H13ClN6O3S/c1-21(12-6-8-14(9-7-12)23(25)26)15(24)10-27-16-18-19-20-22(16)13-4-2-11(17)3-5-13/h2-9H,10H2,1H3. The van der Waals surface area contributed by atoms with E-state index in [0.717, 1.165) is 5.69 Å². The summed E-state index contributed by atoms with van der Waals surface area (Å²) in [5.41, 5.74) is 1.25. The van der Waals surface area contributed by atoms with Crippen molar-refractivity contribution in [1.29, 1.82) is 0 Å². The lowest BCUT2D eigenvalue weighted by molar-refractivity contribution is -0.384. The Kier molecular flexibility index (Phi) is 5.67. The van der Waals surface area contributed by atoms with Gasteiger partial charge in [0.05, 0.1) is 16.4 Å². The molecule has 0 saturated heterocycles. The number of carbonyl (C=O) groups excluding carboxylic acids is 1. The van der Waals surface area contributed by atoms with Crippen LogP contribution in [0.2, 0.25) is 5.02 Å². The van der Waals surface area contributed by atoms with Crippen LogP contribution in [-0.2, 0) is 4.79 Å². The average molecular weight is 405 g/mol. The Labute approximate surface area is 163 Å². The summed E-state index contributed by atoms with van der Waals surface area (Å²) in [6.45, 7) is 0. The third-order valence-corrected chi connectivity index (χ3v) is 4.81. The maximum Gasteiger partial charge on any atom is 0.269 e. The van der Waals surface area contributed by atoms with Gasteiger partial charge in [0.25, 0.3) is 5.69 Å². The van der Waals surface area contributed by atoms with Crippen LogP contribution in [-0.4, -0.2) is 43.8 Å². The lowest BCUT2D eigenvalue weighted by Crippen LogP contribution is -2.28. The Bertz CT molecular complexity index is 961. The molecule has 0 aliphatic rings. The number of thioether (sulfide) groups is 1. The smallest absolute Gasteiger partial charge is 0.269 e. The number of amides is 1. The molecule has 0 unspecified atom stereocenters. The van der Waals surface area contributed by atoms with Crippen molar-refractivity contribution in [2.75, 3.05) is 17.7 Å². The summed E-state index contributed by atoms with van der Waals surface area (Å²) in [5, 5.41) is 23.3. The lowest BCUT2D eigenvalue weighted by Gasteiger charge is -2.16. The molecule has 3 aromatic rings. The van der Waals surface area contributed by atoms with Gasteiger partial charge in [0.1, 0.15) is 0 Å². The molecule has 27 heavy (non-hydrogen) atoms. The number of aromatic nitrogens is 4. The van der Waals surface area contributed by atoms with Crippen LogP contribution >= 0.6 is 23.4 Å². The number of carbonyl (C=O) groups is 1. The maximum absolute atomic E-state index is 12.4. The summed E-state index contributed by atoms with van der Waals surface area (Å²) in [6, 6.07) is 12.7. The highest BCUT2D eigenvalue weighted by Gasteiger charge is 2.16. The van der Waals surface area contributed by atoms with E-state index < -0.39 is 4.92 Å². The first-order valence-corrected chi connectivity index (χ1v) is 9.00. The van der Waals surface area contributed by atoms with Gasteiger partial charge in [-0.05, 0) is 46.8 Å². The first kappa shape index (κ1) is 18.8. The minimum atomic E-state index is -0.488. The van der Waals surface area contributed by atoms with E-state index in [1.165, 1.54) is 45.6 Å². The maximum atomic E-state index is 12.4. The molecule has 0 radical (unpaired) electrons. The van der Waals surface area contributed by atoms with Crippen LogP contribution in [0.1, 0.15) is 0 Å². The Balaban J connectivity index is 1.66. The second-order valence-electron chi connectivity index (χ2n) is 5.36. The SMILES string of the molecule is CN(C(=O)CSc1nnnn1-c1ccc(Cl)cc1)c1ccc([N+](=O)[O-])cc1. The number of nitro benzene ring substituents is 1. The van der Waals surface area contributed by atoms with Crippen molar-refractivity contribution in [1.82, 2.24) is 20.2 Å². The molecule has 11 heteroatoms. The highest BCUT2D eigenvalue weighted by Crippen LogP contribution is 2.22. The van der Waals surface area contributed by atoms with Crippen LogP contribution in [0.25, 0.3) is 5.69 Å². The fourth-order valence-electron chi connectivity index (χ4n) is 2.18. The lowest BCUT2D eigenvalue weighted by atomic mass is 10.2. The molecule has 9 nitrogen and oxygen atoms in total. The van der Waals surface area contributed by atoms with E-state index in [9.17, 15) is 14.9 Å². The molecule has 1 heterocycles. The number of non-ortho nitro benzene ring substituents is 1. The second kappa shape index (κ2) is 8.14. The predicted octanol–water partition coefficient (Wildman–Crippen LogP) is 2.98. The van der Waals surface area contributed by atoms with Crippen LogP contribution in [0.4, 0.5) is 11.4 Å². The van der Waals surface area contributed by atoms with E-state index in [0.29, 0.717) is 15.9 Å². The Morgan fingerprint density at radius 2 is 1.89 bits per heavy atom. The topological polar surface area (TPSA) is 107 Å². The third kappa shape index (κ3) is 4.41. The number of tetrazole rings is 1. The van der Waals surface area contributed by atoms with Crippen molar-refractivity contribution in [2.45, 2.75) is 5.16 Å².